The van der Waals surface area contributed by atoms with Gasteiger partial charge in [0, 0.05) is 51.0 Å². The maximum Gasteiger partial charge on any atom is 0.259 e. The molecule has 0 bridgehead atoms. The minimum absolute atomic E-state index is 0.0792. The monoisotopic (exact) mass is 402 g/mol. The summed E-state index contributed by atoms with van der Waals surface area (Å²) < 4.78 is 3.61. The molecular weight excluding hydrogens is 376 g/mol. The van der Waals surface area contributed by atoms with Crippen molar-refractivity contribution in [2.24, 2.45) is 7.05 Å². The predicted molar refractivity (Wildman–Crippen MR) is 121 cm³/mol. The van der Waals surface area contributed by atoms with Gasteiger partial charge in [-0.3, -0.25) is 9.36 Å². The first-order chi connectivity index (χ1) is 14.5. The lowest BCUT2D eigenvalue weighted by Gasteiger charge is -2.37. The Hall–Kier alpha value is -3.35. The van der Waals surface area contributed by atoms with Crippen LogP contribution in [0.4, 0.5) is 11.6 Å². The maximum absolute atomic E-state index is 13.1. The van der Waals surface area contributed by atoms with Gasteiger partial charge in [-0.2, -0.15) is 0 Å². The number of piperazine rings is 1. The molecular formula is C23H26N6O. The number of rotatable bonds is 3. The number of hydrogen-bond donors (Lipinski definition) is 0. The molecule has 0 aliphatic carbocycles. The molecule has 154 valence electrons. The first kappa shape index (κ1) is 18.7. The zero-order valence-corrected chi connectivity index (χ0v) is 17.7. The molecule has 4 aromatic rings. The third kappa shape index (κ3) is 3.01. The fraction of sp³-hybridized carbons (Fsp3) is 0.348. The molecule has 7 heteroatoms. The van der Waals surface area contributed by atoms with E-state index in [0.29, 0.717) is 0 Å². The predicted octanol–water partition coefficient (Wildman–Crippen LogP) is 2.78. The fourth-order valence-corrected chi connectivity index (χ4v) is 4.47. The van der Waals surface area contributed by atoms with Gasteiger partial charge in [-0.1, -0.05) is 18.6 Å². The quantitative estimate of drug-likeness (QED) is 0.527. The Balaban J connectivity index is 1.45. The molecule has 7 nitrogen and oxygen atoms in total. The second kappa shape index (κ2) is 7.16. The Morgan fingerprint density at radius 2 is 1.77 bits per heavy atom. The summed E-state index contributed by atoms with van der Waals surface area (Å²) in [7, 11) is 1.88. The van der Waals surface area contributed by atoms with E-state index in [1.165, 1.54) is 5.56 Å². The number of pyridine rings is 1. The maximum atomic E-state index is 13.1. The molecule has 1 aliphatic rings. The highest BCUT2D eigenvalue weighted by molar-refractivity contribution is 5.88. The van der Waals surface area contributed by atoms with Crippen molar-refractivity contribution in [1.29, 1.82) is 0 Å². The average molecular weight is 403 g/mol. The van der Waals surface area contributed by atoms with Crippen LogP contribution >= 0.6 is 0 Å². The first-order valence-electron chi connectivity index (χ1n) is 10.5. The van der Waals surface area contributed by atoms with E-state index in [2.05, 4.69) is 45.9 Å². The lowest BCUT2D eigenvalue weighted by molar-refractivity contribution is 0.623. The zero-order chi connectivity index (χ0) is 20.8. The minimum atomic E-state index is 0.0792. The Kier molecular flexibility index (Phi) is 4.46. The van der Waals surface area contributed by atoms with Crippen LogP contribution in [0.15, 0.2) is 47.5 Å². The highest BCUT2D eigenvalue weighted by Gasteiger charge is 2.22. The topological polar surface area (TPSA) is 58.7 Å². The van der Waals surface area contributed by atoms with Crippen molar-refractivity contribution in [1.82, 2.24) is 19.2 Å². The third-order valence-electron chi connectivity index (χ3n) is 6.11. The number of benzene rings is 1. The second-order valence-electron chi connectivity index (χ2n) is 8.00. The van der Waals surface area contributed by atoms with Crippen molar-refractivity contribution < 1.29 is 0 Å². The number of nitrogens with zero attached hydrogens (tertiary/aromatic N) is 6. The minimum Gasteiger partial charge on any atom is -0.354 e. The number of fused-ring (bicyclic) bond motifs is 2. The van der Waals surface area contributed by atoms with Gasteiger partial charge in [-0.25, -0.2) is 9.50 Å². The number of hydrogen-bond acceptors (Lipinski definition) is 5. The molecule has 1 aliphatic heterocycles. The van der Waals surface area contributed by atoms with Gasteiger partial charge in [0.25, 0.3) is 5.56 Å². The SMILES string of the molecule is CCc1cc(C)cc2c(=O)n(C)c(N3CCN(c4ccc5nccn5n4)CC3)cc12. The molecule has 0 saturated carbocycles. The normalized spacial score (nSPS) is 14.8. The van der Waals surface area contributed by atoms with E-state index in [1.807, 2.05) is 36.0 Å². The van der Waals surface area contributed by atoms with Crippen LogP contribution in [0.25, 0.3) is 16.4 Å². The van der Waals surface area contributed by atoms with Crippen LogP contribution in [0.2, 0.25) is 0 Å². The molecule has 0 spiro atoms. The largest absolute Gasteiger partial charge is 0.354 e. The molecule has 1 saturated heterocycles. The molecule has 30 heavy (non-hydrogen) atoms. The molecule has 0 atom stereocenters. The Morgan fingerprint density at radius 1 is 1.00 bits per heavy atom. The molecule has 1 fully saturated rings. The summed E-state index contributed by atoms with van der Waals surface area (Å²) in [5, 5.41) is 6.56. The molecule has 0 amide bonds. The standard InChI is InChI=1S/C23H26N6O/c1-4-17-13-16(2)14-19-18(17)15-22(26(3)23(19)30)28-11-9-27(10-12-28)21-6-5-20-24-7-8-29(20)25-21/h5-8,13-15H,4,9-12H2,1-3H3. The van der Waals surface area contributed by atoms with Crippen LogP contribution in [0.5, 0.6) is 0 Å². The van der Waals surface area contributed by atoms with Crippen LogP contribution in [-0.4, -0.2) is 45.3 Å². The number of aromatic nitrogens is 4. The van der Waals surface area contributed by atoms with Gasteiger partial charge in [-0.05, 0) is 48.6 Å². The molecule has 1 aromatic carbocycles. The summed E-state index contributed by atoms with van der Waals surface area (Å²) in [6.07, 6.45) is 4.55. The molecule has 5 rings (SSSR count). The number of aryl methyl sites for hydroxylation is 2. The van der Waals surface area contributed by atoms with Crippen molar-refractivity contribution in [3.8, 4) is 0 Å². The molecule has 3 aromatic heterocycles. The van der Waals surface area contributed by atoms with Crippen molar-refractivity contribution >= 4 is 28.1 Å². The lowest BCUT2D eigenvalue weighted by atomic mass is 10.0. The zero-order valence-electron chi connectivity index (χ0n) is 17.7. The van der Waals surface area contributed by atoms with Gasteiger partial charge in [0.05, 0.1) is 0 Å². The third-order valence-corrected chi connectivity index (χ3v) is 6.11. The smallest absolute Gasteiger partial charge is 0.259 e. The molecule has 0 N–H and O–H groups in total. The van der Waals surface area contributed by atoms with Crippen LogP contribution in [0, 0.1) is 6.92 Å². The van der Waals surface area contributed by atoms with E-state index >= 15 is 0 Å². The van der Waals surface area contributed by atoms with Gasteiger partial charge in [0.1, 0.15) is 11.6 Å². The number of imidazole rings is 1. The van der Waals surface area contributed by atoms with E-state index in [-0.39, 0.29) is 5.56 Å². The van der Waals surface area contributed by atoms with Gasteiger partial charge < -0.3 is 9.80 Å². The lowest BCUT2D eigenvalue weighted by Crippen LogP contribution is -2.48. The first-order valence-corrected chi connectivity index (χ1v) is 10.5. The van der Waals surface area contributed by atoms with Crippen LogP contribution in [0.1, 0.15) is 18.1 Å². The molecule has 0 radical (unpaired) electrons. The van der Waals surface area contributed by atoms with Crippen LogP contribution in [0.3, 0.4) is 0 Å². The van der Waals surface area contributed by atoms with Gasteiger partial charge in [-0.15, -0.1) is 5.10 Å². The summed E-state index contributed by atoms with van der Waals surface area (Å²) in [4.78, 5) is 22.0. The van der Waals surface area contributed by atoms with Crippen molar-refractivity contribution in [3.05, 3.63) is 64.2 Å². The highest BCUT2D eigenvalue weighted by Crippen LogP contribution is 2.25. The Labute approximate surface area is 175 Å². The van der Waals surface area contributed by atoms with Gasteiger partial charge >= 0.3 is 0 Å². The summed E-state index contributed by atoms with van der Waals surface area (Å²) in [6.45, 7) is 7.60. The van der Waals surface area contributed by atoms with Crippen molar-refractivity contribution in [2.45, 2.75) is 20.3 Å². The fourth-order valence-electron chi connectivity index (χ4n) is 4.47. The van der Waals surface area contributed by atoms with Gasteiger partial charge in [0.15, 0.2) is 5.65 Å². The highest BCUT2D eigenvalue weighted by atomic mass is 16.1. The van der Waals surface area contributed by atoms with Crippen LogP contribution < -0.4 is 15.4 Å². The second-order valence-corrected chi connectivity index (χ2v) is 8.00. The van der Waals surface area contributed by atoms with E-state index in [9.17, 15) is 4.79 Å². The summed E-state index contributed by atoms with van der Waals surface area (Å²) in [5.41, 5.74) is 3.31. The van der Waals surface area contributed by atoms with Crippen LogP contribution in [-0.2, 0) is 13.5 Å². The van der Waals surface area contributed by atoms with E-state index in [1.54, 1.807) is 10.8 Å². The molecule has 0 unspecified atom stereocenters. The molecule has 4 heterocycles. The van der Waals surface area contributed by atoms with Crippen molar-refractivity contribution in [3.63, 3.8) is 0 Å². The van der Waals surface area contributed by atoms with E-state index in [4.69, 9.17) is 0 Å². The van der Waals surface area contributed by atoms with Gasteiger partial charge in [0.2, 0.25) is 0 Å². The van der Waals surface area contributed by atoms with E-state index in [0.717, 1.165) is 66.2 Å². The summed E-state index contributed by atoms with van der Waals surface area (Å²) in [5.74, 6) is 1.94. The summed E-state index contributed by atoms with van der Waals surface area (Å²) in [6, 6.07) is 10.4. The number of anilines is 2. The van der Waals surface area contributed by atoms with E-state index < -0.39 is 0 Å². The summed E-state index contributed by atoms with van der Waals surface area (Å²) >= 11 is 0. The Morgan fingerprint density at radius 3 is 2.53 bits per heavy atom. The average Bonchev–Trinajstić information content (AvgIpc) is 3.24. The Bertz CT molecular complexity index is 1300. The van der Waals surface area contributed by atoms with Crippen molar-refractivity contribution in [2.75, 3.05) is 36.0 Å².